The summed E-state index contributed by atoms with van der Waals surface area (Å²) in [7, 11) is -3.91. The van der Waals surface area contributed by atoms with Gasteiger partial charge in [0.2, 0.25) is 11.8 Å². The van der Waals surface area contributed by atoms with Gasteiger partial charge < -0.3 is 10.2 Å². The number of fused-ring (bicyclic) bond motifs is 1. The van der Waals surface area contributed by atoms with Gasteiger partial charge >= 0.3 is 0 Å². The number of amides is 3. The zero-order valence-electron chi connectivity index (χ0n) is 19.9. The molecule has 1 aliphatic carbocycles. The van der Waals surface area contributed by atoms with Crippen molar-refractivity contribution in [3.63, 3.8) is 0 Å². The third-order valence-electron chi connectivity index (χ3n) is 6.73. The number of rotatable bonds is 9. The predicted octanol–water partition coefficient (Wildman–Crippen LogP) is 3.09. The number of carbonyl (C=O) groups is 3. The van der Waals surface area contributed by atoms with E-state index in [2.05, 4.69) is 5.32 Å². The standard InChI is InChI=1S/C26H31N3O5S/c1-19(25(31)27-21-12-5-6-13-21)28(18-20-10-3-2-4-11-20)24(30)16-9-17-29-26(32)22-14-7-8-15-23(22)35(29,33)34/h2-4,7-8,10-11,14-15,19,21H,5-6,9,12-13,16-18H2,1H3,(H,27,31)/t19-/m0/s1. The first-order chi connectivity index (χ1) is 16.8. The largest absolute Gasteiger partial charge is 0.352 e. The van der Waals surface area contributed by atoms with Gasteiger partial charge in [0.25, 0.3) is 15.9 Å². The molecule has 1 heterocycles. The molecule has 1 aliphatic heterocycles. The molecule has 2 aromatic carbocycles. The van der Waals surface area contributed by atoms with Crippen molar-refractivity contribution in [3.05, 3.63) is 65.7 Å². The van der Waals surface area contributed by atoms with Crippen molar-refractivity contribution < 1.29 is 22.8 Å². The van der Waals surface area contributed by atoms with E-state index in [1.54, 1.807) is 19.1 Å². The molecule has 0 saturated heterocycles. The fraction of sp³-hybridized carbons (Fsp3) is 0.423. The summed E-state index contributed by atoms with van der Waals surface area (Å²) < 4.78 is 26.4. The lowest BCUT2D eigenvalue weighted by Crippen LogP contribution is -2.49. The highest BCUT2D eigenvalue weighted by atomic mass is 32.2. The first-order valence-corrected chi connectivity index (χ1v) is 13.5. The second-order valence-corrected chi connectivity index (χ2v) is 11.0. The summed E-state index contributed by atoms with van der Waals surface area (Å²) in [6, 6.07) is 15.0. The number of sulfonamides is 1. The molecule has 186 valence electrons. The van der Waals surface area contributed by atoms with Crippen LogP contribution in [0.25, 0.3) is 0 Å². The van der Waals surface area contributed by atoms with Crippen molar-refractivity contribution in [3.8, 4) is 0 Å². The van der Waals surface area contributed by atoms with Crippen molar-refractivity contribution in [1.82, 2.24) is 14.5 Å². The minimum atomic E-state index is -3.91. The highest BCUT2D eigenvalue weighted by Crippen LogP contribution is 2.30. The Morgan fingerprint density at radius 2 is 1.71 bits per heavy atom. The molecule has 0 radical (unpaired) electrons. The Labute approximate surface area is 206 Å². The fourth-order valence-corrected chi connectivity index (χ4v) is 6.33. The summed E-state index contributed by atoms with van der Waals surface area (Å²) >= 11 is 0. The van der Waals surface area contributed by atoms with Crippen LogP contribution in [-0.4, -0.2) is 54.0 Å². The lowest BCUT2D eigenvalue weighted by molar-refractivity contribution is -0.141. The number of hydrogen-bond acceptors (Lipinski definition) is 5. The number of nitrogens with one attached hydrogen (secondary N) is 1. The molecule has 4 rings (SSSR count). The Kier molecular flexibility index (Phi) is 7.54. The molecule has 3 amide bonds. The van der Waals surface area contributed by atoms with Gasteiger partial charge in [0.1, 0.15) is 10.9 Å². The number of carbonyl (C=O) groups excluding carboxylic acids is 3. The van der Waals surface area contributed by atoms with Gasteiger partial charge in [0.15, 0.2) is 0 Å². The van der Waals surface area contributed by atoms with Crippen molar-refractivity contribution >= 4 is 27.7 Å². The normalized spacial score (nSPS) is 17.7. The third-order valence-corrected chi connectivity index (χ3v) is 8.57. The molecule has 2 aromatic rings. The van der Waals surface area contributed by atoms with E-state index in [9.17, 15) is 22.8 Å². The van der Waals surface area contributed by atoms with Crippen molar-refractivity contribution in [1.29, 1.82) is 0 Å². The summed E-state index contributed by atoms with van der Waals surface area (Å²) in [4.78, 5) is 40.4. The average molecular weight is 498 g/mol. The van der Waals surface area contributed by atoms with E-state index in [1.807, 2.05) is 30.3 Å². The second-order valence-electron chi connectivity index (χ2n) is 9.16. The van der Waals surface area contributed by atoms with Crippen LogP contribution in [0, 0.1) is 0 Å². The Bertz CT molecular complexity index is 1190. The minimum Gasteiger partial charge on any atom is -0.352 e. The van der Waals surface area contributed by atoms with E-state index in [4.69, 9.17) is 0 Å². The van der Waals surface area contributed by atoms with E-state index in [0.717, 1.165) is 35.6 Å². The third kappa shape index (κ3) is 5.40. The van der Waals surface area contributed by atoms with E-state index >= 15 is 0 Å². The van der Waals surface area contributed by atoms with E-state index in [1.165, 1.54) is 17.0 Å². The SMILES string of the molecule is C[C@@H](C(=O)NC1CCCC1)N(Cc1ccccc1)C(=O)CCCN1C(=O)c2ccccc2S1(=O)=O. The maximum Gasteiger partial charge on any atom is 0.269 e. The molecule has 1 saturated carbocycles. The molecule has 0 bridgehead atoms. The zero-order valence-corrected chi connectivity index (χ0v) is 20.7. The van der Waals surface area contributed by atoms with Gasteiger partial charge in [0.05, 0.1) is 5.56 Å². The Balaban J connectivity index is 1.42. The topological polar surface area (TPSA) is 104 Å². The average Bonchev–Trinajstić information content (AvgIpc) is 3.43. The highest BCUT2D eigenvalue weighted by Gasteiger charge is 2.40. The summed E-state index contributed by atoms with van der Waals surface area (Å²) in [5.74, 6) is -1.02. The molecule has 8 nitrogen and oxygen atoms in total. The number of hydrogen-bond donors (Lipinski definition) is 1. The quantitative estimate of drug-likeness (QED) is 0.573. The maximum absolute atomic E-state index is 13.3. The second kappa shape index (κ2) is 10.6. The predicted molar refractivity (Wildman–Crippen MR) is 131 cm³/mol. The number of benzene rings is 2. The Morgan fingerprint density at radius 3 is 2.40 bits per heavy atom. The molecule has 0 aromatic heterocycles. The highest BCUT2D eigenvalue weighted by molar-refractivity contribution is 7.90. The molecule has 9 heteroatoms. The van der Waals surface area contributed by atoms with Gasteiger partial charge in [-0.2, -0.15) is 0 Å². The number of nitrogens with zero attached hydrogens (tertiary/aromatic N) is 2. The molecule has 1 atom stereocenters. The van der Waals surface area contributed by atoms with E-state index in [-0.39, 0.29) is 54.2 Å². The first kappa shape index (κ1) is 24.9. The van der Waals surface area contributed by atoms with Gasteiger partial charge in [-0.25, -0.2) is 12.7 Å². The van der Waals surface area contributed by atoms with Crippen molar-refractivity contribution in [2.45, 2.75) is 69.0 Å². The fourth-order valence-electron chi connectivity index (χ4n) is 4.72. The van der Waals surface area contributed by atoms with Gasteiger partial charge in [-0.1, -0.05) is 55.3 Å². The van der Waals surface area contributed by atoms with Crippen LogP contribution in [0.1, 0.15) is 61.4 Å². The molecule has 0 unspecified atom stereocenters. The summed E-state index contributed by atoms with van der Waals surface area (Å²) in [5.41, 5.74) is 1.05. The maximum atomic E-state index is 13.3. The molecular formula is C26H31N3O5S. The summed E-state index contributed by atoms with van der Waals surface area (Å²) in [6.45, 7) is 1.89. The van der Waals surface area contributed by atoms with Crippen LogP contribution in [0.3, 0.4) is 0 Å². The van der Waals surface area contributed by atoms with E-state index in [0.29, 0.717) is 0 Å². The molecule has 0 spiro atoms. The Morgan fingerprint density at radius 1 is 1.06 bits per heavy atom. The molecule has 1 fully saturated rings. The van der Waals surface area contributed by atoms with Gasteiger partial charge in [-0.3, -0.25) is 14.4 Å². The van der Waals surface area contributed by atoms with Crippen LogP contribution in [-0.2, 0) is 26.2 Å². The van der Waals surface area contributed by atoms with Crippen molar-refractivity contribution in [2.24, 2.45) is 0 Å². The molecule has 35 heavy (non-hydrogen) atoms. The van der Waals surface area contributed by atoms with Gasteiger partial charge in [0, 0.05) is 25.6 Å². The van der Waals surface area contributed by atoms with Crippen LogP contribution in [0.15, 0.2) is 59.5 Å². The van der Waals surface area contributed by atoms with Crippen LogP contribution < -0.4 is 5.32 Å². The summed E-state index contributed by atoms with van der Waals surface area (Å²) in [5, 5.41) is 3.06. The van der Waals surface area contributed by atoms with E-state index < -0.39 is 22.0 Å². The smallest absolute Gasteiger partial charge is 0.269 e. The first-order valence-electron chi connectivity index (χ1n) is 12.1. The van der Waals surface area contributed by atoms with Crippen LogP contribution in [0.2, 0.25) is 0 Å². The molecular weight excluding hydrogens is 466 g/mol. The van der Waals surface area contributed by atoms with Crippen LogP contribution in [0.4, 0.5) is 0 Å². The van der Waals surface area contributed by atoms with Gasteiger partial charge in [-0.15, -0.1) is 0 Å². The molecule has 1 N–H and O–H groups in total. The van der Waals surface area contributed by atoms with Crippen LogP contribution in [0.5, 0.6) is 0 Å². The summed E-state index contributed by atoms with van der Waals surface area (Å²) in [6.07, 6.45) is 4.27. The zero-order chi connectivity index (χ0) is 25.0. The minimum absolute atomic E-state index is 0.000707. The lowest BCUT2D eigenvalue weighted by atomic mass is 10.1. The van der Waals surface area contributed by atoms with Crippen molar-refractivity contribution in [2.75, 3.05) is 6.54 Å². The van der Waals surface area contributed by atoms with Crippen LogP contribution >= 0.6 is 0 Å². The molecule has 2 aliphatic rings. The lowest BCUT2D eigenvalue weighted by Gasteiger charge is -2.30. The van der Waals surface area contributed by atoms with Gasteiger partial charge in [-0.05, 0) is 43.9 Å². The monoisotopic (exact) mass is 497 g/mol. The Hall–Kier alpha value is -3.20.